The number of aromatic nitrogens is 1. The molecular weight excluding hydrogens is 270 g/mol. The topological polar surface area (TPSA) is 45.2 Å². The summed E-state index contributed by atoms with van der Waals surface area (Å²) in [6, 6.07) is 4.45. The average Bonchev–Trinajstić information content (AvgIpc) is 3.12. The van der Waals surface area contributed by atoms with Crippen LogP contribution in [0.25, 0.3) is 10.2 Å². The maximum atomic E-state index is 12.2. The van der Waals surface area contributed by atoms with Crippen LogP contribution >= 0.6 is 11.3 Å². The number of carbonyl (C=O) groups is 1. The summed E-state index contributed by atoms with van der Waals surface area (Å²) in [5, 5.41) is 2.84. The van der Waals surface area contributed by atoms with E-state index >= 15 is 0 Å². The van der Waals surface area contributed by atoms with Crippen molar-refractivity contribution in [2.45, 2.75) is 12.8 Å². The van der Waals surface area contributed by atoms with Crippen molar-refractivity contribution in [1.82, 2.24) is 10.3 Å². The number of fused-ring (bicyclic) bond motifs is 1. The first-order valence-electron chi connectivity index (χ1n) is 7.16. The van der Waals surface area contributed by atoms with Crippen LogP contribution in [-0.2, 0) is 4.79 Å². The Hall–Kier alpha value is -1.88. The second-order valence-corrected chi connectivity index (χ2v) is 6.48. The lowest BCUT2D eigenvalue weighted by Gasteiger charge is -2.22. The minimum Gasteiger partial charge on any atom is -0.370 e. The van der Waals surface area contributed by atoms with Gasteiger partial charge in [0.05, 0.1) is 22.5 Å². The minimum atomic E-state index is -0.361. The van der Waals surface area contributed by atoms with Crippen LogP contribution in [0.3, 0.4) is 0 Å². The highest BCUT2D eigenvalue weighted by Gasteiger charge is 2.48. The van der Waals surface area contributed by atoms with Crippen LogP contribution in [0.5, 0.6) is 0 Å². The number of hydrogen-bond acceptors (Lipinski definition) is 4. The molecule has 20 heavy (non-hydrogen) atoms. The molecule has 2 fully saturated rings. The van der Waals surface area contributed by atoms with E-state index in [4.69, 9.17) is 1.37 Å². The molecule has 1 unspecified atom stereocenters. The third-order valence-corrected chi connectivity index (χ3v) is 5.05. The summed E-state index contributed by atoms with van der Waals surface area (Å²) >= 11 is 1.55. The van der Waals surface area contributed by atoms with Gasteiger partial charge in [0.15, 0.2) is 0 Å². The summed E-state index contributed by atoms with van der Waals surface area (Å²) in [5.74, 6) is 0.0799. The number of thiazole rings is 1. The van der Waals surface area contributed by atoms with Gasteiger partial charge in [0.1, 0.15) is 0 Å². The molecule has 0 saturated carbocycles. The number of anilines is 1. The van der Waals surface area contributed by atoms with Gasteiger partial charge in [-0.25, -0.2) is 4.98 Å². The fourth-order valence-electron chi connectivity index (χ4n) is 3.20. The first-order valence-corrected chi connectivity index (χ1v) is 7.54. The van der Waals surface area contributed by atoms with Gasteiger partial charge in [0.25, 0.3) is 0 Å². The smallest absolute Gasteiger partial charge is 0.232 e. The van der Waals surface area contributed by atoms with Crippen LogP contribution in [-0.4, -0.2) is 24.0 Å². The molecular formula is C15H15N3OS. The number of amides is 1. The average molecular weight is 287 g/mol. The number of allylic oxidation sites excluding steroid dienone is 1. The first-order chi connectivity index (χ1) is 10.1. The van der Waals surface area contributed by atoms with E-state index in [1.807, 2.05) is 12.1 Å². The molecule has 2 saturated heterocycles. The Morgan fingerprint density at radius 2 is 2.45 bits per heavy atom. The van der Waals surface area contributed by atoms with Crippen molar-refractivity contribution in [1.29, 1.82) is 0 Å². The van der Waals surface area contributed by atoms with Crippen molar-refractivity contribution < 1.29 is 6.17 Å². The Labute approximate surface area is 122 Å². The Kier molecular flexibility index (Phi) is 2.20. The zero-order valence-corrected chi connectivity index (χ0v) is 11.8. The second kappa shape index (κ2) is 4.06. The van der Waals surface area contributed by atoms with Crippen LogP contribution in [0.1, 0.15) is 14.2 Å². The summed E-state index contributed by atoms with van der Waals surface area (Å²) in [6.45, 7) is 5.32. The van der Waals surface area contributed by atoms with Crippen molar-refractivity contribution in [2.75, 3.05) is 18.0 Å². The number of rotatable bonds is 1. The monoisotopic (exact) mass is 287 g/mol. The van der Waals surface area contributed by atoms with Crippen LogP contribution < -0.4 is 10.2 Å². The zero-order valence-electron chi connectivity index (χ0n) is 12.0. The fourth-order valence-corrected chi connectivity index (χ4v) is 3.84. The molecule has 2 aliphatic rings. The van der Waals surface area contributed by atoms with Gasteiger partial charge in [-0.2, -0.15) is 0 Å². The maximum Gasteiger partial charge on any atom is 0.232 e. The lowest BCUT2D eigenvalue weighted by atomic mass is 9.85. The van der Waals surface area contributed by atoms with E-state index in [-0.39, 0.29) is 11.3 Å². The quantitative estimate of drug-likeness (QED) is 0.876. The van der Waals surface area contributed by atoms with Crippen LogP contribution in [0.2, 0.25) is 0 Å². The summed E-state index contributed by atoms with van der Waals surface area (Å²) in [7, 11) is 0. The minimum absolute atomic E-state index is 0.0799. The van der Waals surface area contributed by atoms with Gasteiger partial charge < -0.3 is 10.2 Å². The van der Waals surface area contributed by atoms with Gasteiger partial charge in [-0.1, -0.05) is 6.58 Å². The fraction of sp³-hybridized carbons (Fsp3) is 0.333. The molecule has 0 aliphatic carbocycles. The van der Waals surface area contributed by atoms with Crippen LogP contribution in [0.15, 0.2) is 36.0 Å². The summed E-state index contributed by atoms with van der Waals surface area (Å²) in [4.78, 5) is 18.6. The third kappa shape index (κ3) is 1.66. The molecule has 2 aliphatic heterocycles. The molecule has 2 aromatic rings. The van der Waals surface area contributed by atoms with E-state index in [2.05, 4.69) is 21.8 Å². The highest BCUT2D eigenvalue weighted by molar-refractivity contribution is 7.16. The Balaban J connectivity index is 1.70. The first kappa shape index (κ1) is 10.9. The van der Waals surface area contributed by atoms with E-state index < -0.39 is 0 Å². The predicted octanol–water partition coefficient (Wildman–Crippen LogP) is 2.53. The van der Waals surface area contributed by atoms with Gasteiger partial charge in [-0.05, 0) is 24.6 Å². The van der Waals surface area contributed by atoms with E-state index in [9.17, 15) is 4.79 Å². The molecule has 0 radical (unpaired) electrons. The number of nitrogens with zero attached hydrogens (tertiary/aromatic N) is 2. The lowest BCUT2D eigenvalue weighted by Crippen LogP contribution is -2.34. The Morgan fingerprint density at radius 1 is 1.55 bits per heavy atom. The molecule has 5 heteroatoms. The van der Waals surface area contributed by atoms with Crippen LogP contribution in [0.4, 0.5) is 5.69 Å². The van der Waals surface area contributed by atoms with Gasteiger partial charge in [-0.3, -0.25) is 4.79 Å². The van der Waals surface area contributed by atoms with E-state index in [0.29, 0.717) is 19.0 Å². The molecule has 3 heterocycles. The molecule has 1 N–H and O–H groups in total. The standard InChI is InChI=1S/C15H15N3OS/c1-10-7-15(14(19)17-10)4-5-18(8-15)11-2-3-13-12(6-11)16-9-20-13/h2-3,6,9H,1,4-5,7-8H2,(H,17,19)/i6T. The Bertz CT molecular complexity index is 771. The largest absolute Gasteiger partial charge is 0.370 e. The summed E-state index contributed by atoms with van der Waals surface area (Å²) < 4.78 is 9.39. The van der Waals surface area contributed by atoms with E-state index in [1.165, 1.54) is 0 Å². The lowest BCUT2D eigenvalue weighted by molar-refractivity contribution is -0.126. The van der Waals surface area contributed by atoms with Crippen molar-refractivity contribution in [3.05, 3.63) is 36.0 Å². The number of carbonyl (C=O) groups excluding carboxylic acids is 1. The molecule has 1 spiro atoms. The van der Waals surface area contributed by atoms with E-state index in [0.717, 1.165) is 34.6 Å². The van der Waals surface area contributed by atoms with Gasteiger partial charge in [0, 0.05) is 30.9 Å². The van der Waals surface area contributed by atoms with Crippen molar-refractivity contribution in [3.8, 4) is 0 Å². The number of nitrogens with one attached hydrogen (secondary N) is 1. The van der Waals surface area contributed by atoms with Gasteiger partial charge in [0.2, 0.25) is 5.91 Å². The predicted molar refractivity (Wildman–Crippen MR) is 80.8 cm³/mol. The number of benzene rings is 1. The molecule has 102 valence electrons. The maximum absolute atomic E-state index is 12.2. The van der Waals surface area contributed by atoms with Crippen molar-refractivity contribution >= 4 is 33.1 Å². The van der Waals surface area contributed by atoms with E-state index in [1.54, 1.807) is 16.8 Å². The molecule has 0 bridgehead atoms. The van der Waals surface area contributed by atoms with Gasteiger partial charge >= 0.3 is 0 Å². The van der Waals surface area contributed by atoms with Crippen molar-refractivity contribution in [2.24, 2.45) is 5.41 Å². The SMILES string of the molecule is [3H]c1c(N2CCC3(CC(=C)NC3=O)C2)ccc2scnc12. The Morgan fingerprint density at radius 3 is 3.25 bits per heavy atom. The zero-order chi connectivity index (χ0) is 14.6. The highest BCUT2D eigenvalue weighted by Crippen LogP contribution is 2.42. The molecule has 4 nitrogen and oxygen atoms in total. The summed E-state index contributed by atoms with van der Waals surface area (Å²) in [6.07, 6.45) is 1.51. The van der Waals surface area contributed by atoms with Crippen LogP contribution in [0, 0.1) is 5.41 Å². The highest BCUT2D eigenvalue weighted by atomic mass is 32.1. The molecule has 1 aromatic carbocycles. The van der Waals surface area contributed by atoms with Gasteiger partial charge in [-0.15, -0.1) is 11.3 Å². The van der Waals surface area contributed by atoms with Crippen molar-refractivity contribution in [3.63, 3.8) is 0 Å². The normalized spacial score (nSPS) is 26.6. The second-order valence-electron chi connectivity index (χ2n) is 5.60. The molecule has 1 amide bonds. The number of hydrogen-bond donors (Lipinski definition) is 1. The summed E-state index contributed by atoms with van der Waals surface area (Å²) in [5.41, 5.74) is 3.84. The molecule has 1 aromatic heterocycles. The third-order valence-electron chi connectivity index (χ3n) is 4.25. The molecule has 4 rings (SSSR count). The molecule has 1 atom stereocenters.